The van der Waals surface area contributed by atoms with E-state index in [1.54, 1.807) is 0 Å². The fourth-order valence-electron chi connectivity index (χ4n) is 0.776. The molecule has 0 spiro atoms. The van der Waals surface area contributed by atoms with Crippen LogP contribution in [0.25, 0.3) is 0 Å². The summed E-state index contributed by atoms with van der Waals surface area (Å²) in [4.78, 5) is 3.04. The van der Waals surface area contributed by atoms with E-state index in [9.17, 15) is 0 Å². The van der Waals surface area contributed by atoms with Gasteiger partial charge >= 0.3 is 0 Å². The van der Waals surface area contributed by atoms with Crippen LogP contribution in [0.2, 0.25) is 0 Å². The van der Waals surface area contributed by atoms with Gasteiger partial charge in [0, 0.05) is 11.9 Å². The minimum Gasteiger partial charge on any atom is -0.363 e. The van der Waals surface area contributed by atoms with E-state index < -0.39 is 0 Å². The van der Waals surface area contributed by atoms with Crippen LogP contribution in [0.5, 0.6) is 0 Å². The normalized spacial score (nSPS) is 23.0. The summed E-state index contributed by atoms with van der Waals surface area (Å²) in [5.74, 6) is 0. The Morgan fingerprint density at radius 2 is 2.70 bits per heavy atom. The largest absolute Gasteiger partial charge is 0.363 e. The van der Waals surface area contributed by atoms with Crippen molar-refractivity contribution in [2.24, 2.45) is 0 Å². The minimum atomic E-state index is 0.0586. The summed E-state index contributed by atoms with van der Waals surface area (Å²) < 4.78 is 10.1. The number of H-pyrrole nitrogens is 1. The predicted octanol–water partition coefficient (Wildman–Crippen LogP) is 0.888. The number of aromatic amines is 1. The molecule has 2 heterocycles. The second-order valence-corrected chi connectivity index (χ2v) is 2.27. The van der Waals surface area contributed by atoms with Gasteiger partial charge in [0.1, 0.15) is 6.61 Å². The van der Waals surface area contributed by atoms with Crippen molar-refractivity contribution >= 4 is 0 Å². The van der Waals surface area contributed by atoms with Gasteiger partial charge in [-0.3, -0.25) is 0 Å². The molecular weight excluding hydrogens is 130 g/mol. The third-order valence-corrected chi connectivity index (χ3v) is 1.39. The van der Waals surface area contributed by atoms with E-state index in [0.717, 1.165) is 12.3 Å². The van der Waals surface area contributed by atoms with Crippen LogP contribution in [0.3, 0.4) is 0 Å². The Balaban J connectivity index is 1.79. The summed E-state index contributed by atoms with van der Waals surface area (Å²) in [6.45, 7) is 1.37. The van der Waals surface area contributed by atoms with E-state index in [4.69, 9.17) is 9.47 Å². The van der Waals surface area contributed by atoms with Gasteiger partial charge in [0.2, 0.25) is 0 Å². The summed E-state index contributed by atoms with van der Waals surface area (Å²) in [7, 11) is 0. The molecule has 0 radical (unpaired) electrons. The fourth-order valence-corrected chi connectivity index (χ4v) is 0.776. The van der Waals surface area contributed by atoms with E-state index in [0.29, 0.717) is 6.61 Å². The SMILES string of the molecule is c1c[nH]c(COC2CO2)c1. The molecule has 0 aromatic carbocycles. The van der Waals surface area contributed by atoms with Crippen molar-refractivity contribution in [2.75, 3.05) is 6.61 Å². The molecule has 0 amide bonds. The molecule has 10 heavy (non-hydrogen) atoms. The number of aromatic nitrogens is 1. The van der Waals surface area contributed by atoms with Crippen LogP contribution in [0.4, 0.5) is 0 Å². The number of ether oxygens (including phenoxy) is 2. The van der Waals surface area contributed by atoms with Crippen LogP contribution in [0, 0.1) is 0 Å². The van der Waals surface area contributed by atoms with Crippen molar-refractivity contribution in [3.63, 3.8) is 0 Å². The lowest BCUT2D eigenvalue weighted by Crippen LogP contribution is -1.95. The van der Waals surface area contributed by atoms with Gasteiger partial charge in [0.15, 0.2) is 6.29 Å². The first kappa shape index (κ1) is 5.95. The van der Waals surface area contributed by atoms with Gasteiger partial charge < -0.3 is 14.5 Å². The van der Waals surface area contributed by atoms with E-state index in [2.05, 4.69) is 4.98 Å². The third kappa shape index (κ3) is 1.37. The number of hydrogen-bond donors (Lipinski definition) is 1. The zero-order chi connectivity index (χ0) is 6.81. The third-order valence-electron chi connectivity index (χ3n) is 1.39. The van der Waals surface area contributed by atoms with Crippen molar-refractivity contribution in [3.05, 3.63) is 24.0 Å². The molecule has 0 bridgehead atoms. The van der Waals surface area contributed by atoms with Crippen LogP contribution in [0.15, 0.2) is 18.3 Å². The average Bonchev–Trinajstić information content (AvgIpc) is 2.63. The standard InChI is InChI=1S/C7H9NO2/c1-2-6(8-3-1)4-9-7-5-10-7/h1-3,7-8H,4-5H2. The Hall–Kier alpha value is -0.800. The van der Waals surface area contributed by atoms with Crippen molar-refractivity contribution < 1.29 is 9.47 Å². The number of epoxide rings is 1. The molecule has 0 saturated carbocycles. The molecule has 1 unspecified atom stereocenters. The Labute approximate surface area is 59.0 Å². The Morgan fingerprint density at radius 1 is 1.80 bits per heavy atom. The molecule has 1 atom stereocenters. The molecule has 1 saturated heterocycles. The molecule has 2 rings (SSSR count). The van der Waals surface area contributed by atoms with Gasteiger partial charge in [-0.25, -0.2) is 0 Å². The molecule has 1 aliphatic rings. The number of rotatable bonds is 3. The maximum Gasteiger partial charge on any atom is 0.181 e. The lowest BCUT2D eigenvalue weighted by molar-refractivity contribution is 0.0371. The maximum absolute atomic E-state index is 5.24. The summed E-state index contributed by atoms with van der Waals surface area (Å²) in [5, 5.41) is 0. The maximum atomic E-state index is 5.24. The summed E-state index contributed by atoms with van der Waals surface area (Å²) >= 11 is 0. The second kappa shape index (κ2) is 2.44. The van der Waals surface area contributed by atoms with Gasteiger partial charge in [-0.2, -0.15) is 0 Å². The highest BCUT2D eigenvalue weighted by atomic mass is 16.8. The van der Waals surface area contributed by atoms with E-state index in [-0.39, 0.29) is 6.29 Å². The highest BCUT2D eigenvalue weighted by Crippen LogP contribution is 2.12. The fraction of sp³-hybridized carbons (Fsp3) is 0.429. The summed E-state index contributed by atoms with van der Waals surface area (Å²) in [6, 6.07) is 3.94. The molecule has 3 heteroatoms. The van der Waals surface area contributed by atoms with Crippen LogP contribution in [0.1, 0.15) is 5.69 Å². The van der Waals surface area contributed by atoms with Gasteiger partial charge in [-0.05, 0) is 12.1 Å². The summed E-state index contributed by atoms with van der Waals surface area (Å²) in [6.07, 6.45) is 1.94. The first-order valence-corrected chi connectivity index (χ1v) is 3.30. The van der Waals surface area contributed by atoms with Crippen LogP contribution in [-0.2, 0) is 16.1 Å². The molecule has 1 N–H and O–H groups in total. The Kier molecular flexibility index (Phi) is 1.45. The average molecular weight is 139 g/mol. The number of nitrogens with one attached hydrogen (secondary N) is 1. The monoisotopic (exact) mass is 139 g/mol. The first-order chi connectivity index (χ1) is 4.95. The topological polar surface area (TPSA) is 37.5 Å². The van der Waals surface area contributed by atoms with Gasteiger partial charge in [-0.15, -0.1) is 0 Å². The van der Waals surface area contributed by atoms with Crippen LogP contribution < -0.4 is 0 Å². The van der Waals surface area contributed by atoms with E-state index in [1.165, 1.54) is 0 Å². The lowest BCUT2D eigenvalue weighted by atomic mass is 10.5. The minimum absolute atomic E-state index is 0.0586. The molecule has 0 aliphatic carbocycles. The van der Waals surface area contributed by atoms with Crippen molar-refractivity contribution in [3.8, 4) is 0 Å². The van der Waals surface area contributed by atoms with Crippen molar-refractivity contribution in [2.45, 2.75) is 12.9 Å². The van der Waals surface area contributed by atoms with Gasteiger partial charge in [-0.1, -0.05) is 0 Å². The van der Waals surface area contributed by atoms with Crippen LogP contribution in [-0.4, -0.2) is 17.9 Å². The molecule has 54 valence electrons. The highest BCUT2D eigenvalue weighted by Gasteiger charge is 2.22. The Morgan fingerprint density at radius 3 is 3.30 bits per heavy atom. The predicted molar refractivity (Wildman–Crippen MR) is 35.3 cm³/mol. The lowest BCUT2D eigenvalue weighted by Gasteiger charge is -1.95. The molecule has 1 aliphatic heterocycles. The van der Waals surface area contributed by atoms with Gasteiger partial charge in [0.25, 0.3) is 0 Å². The van der Waals surface area contributed by atoms with E-state index >= 15 is 0 Å². The second-order valence-electron chi connectivity index (χ2n) is 2.27. The molecule has 3 nitrogen and oxygen atoms in total. The Bertz CT molecular complexity index is 191. The highest BCUT2D eigenvalue weighted by molar-refractivity contribution is 5.01. The molecule has 1 aromatic rings. The zero-order valence-electron chi connectivity index (χ0n) is 5.54. The molecule has 1 fully saturated rings. The zero-order valence-corrected chi connectivity index (χ0v) is 5.54. The molecule has 1 aromatic heterocycles. The van der Waals surface area contributed by atoms with E-state index in [1.807, 2.05) is 18.3 Å². The number of hydrogen-bond acceptors (Lipinski definition) is 2. The summed E-state index contributed by atoms with van der Waals surface area (Å²) in [5.41, 5.74) is 1.09. The first-order valence-electron chi connectivity index (χ1n) is 3.30. The van der Waals surface area contributed by atoms with Gasteiger partial charge in [0.05, 0.1) is 6.61 Å². The smallest absolute Gasteiger partial charge is 0.181 e. The van der Waals surface area contributed by atoms with Crippen molar-refractivity contribution in [1.29, 1.82) is 0 Å². The van der Waals surface area contributed by atoms with Crippen LogP contribution >= 0.6 is 0 Å². The molecular formula is C7H9NO2. The van der Waals surface area contributed by atoms with Crippen molar-refractivity contribution in [1.82, 2.24) is 4.98 Å². The quantitative estimate of drug-likeness (QED) is 0.631.